The molecule has 0 saturated heterocycles. The predicted octanol–water partition coefficient (Wildman–Crippen LogP) is 12.0. The van der Waals surface area contributed by atoms with Crippen LogP contribution in [-0.2, 0) is 0 Å². The van der Waals surface area contributed by atoms with E-state index in [1.54, 1.807) is 0 Å². The fourth-order valence-corrected chi connectivity index (χ4v) is 8.55. The SMILES string of the molecule is CCCCCCCCCCCCSC1(SCCCCCCCCCCCC)CCCCC1. The highest BCUT2D eigenvalue weighted by atomic mass is 32.2. The molecule has 1 fully saturated rings. The second kappa shape index (κ2) is 23.4. The summed E-state index contributed by atoms with van der Waals surface area (Å²) in [6.45, 7) is 4.62. The Morgan fingerprint density at radius 1 is 0.406 bits per heavy atom. The van der Waals surface area contributed by atoms with Crippen LogP contribution in [0.5, 0.6) is 0 Å². The van der Waals surface area contributed by atoms with Gasteiger partial charge in [-0.05, 0) is 37.2 Å². The van der Waals surface area contributed by atoms with Gasteiger partial charge in [0.15, 0.2) is 0 Å². The summed E-state index contributed by atoms with van der Waals surface area (Å²) in [6, 6.07) is 0. The van der Waals surface area contributed by atoms with Crippen molar-refractivity contribution in [1.29, 1.82) is 0 Å². The fourth-order valence-electron chi connectivity index (χ4n) is 5.12. The topological polar surface area (TPSA) is 0 Å². The third-order valence-electron chi connectivity index (χ3n) is 7.34. The molecule has 0 spiro atoms. The zero-order valence-electron chi connectivity index (χ0n) is 22.4. The summed E-state index contributed by atoms with van der Waals surface area (Å²) in [5.74, 6) is 2.84. The molecule has 0 N–H and O–H groups in total. The van der Waals surface area contributed by atoms with Gasteiger partial charge in [-0.3, -0.25) is 0 Å². The summed E-state index contributed by atoms with van der Waals surface area (Å²) in [6.07, 6.45) is 36.6. The first-order chi connectivity index (χ1) is 15.8. The van der Waals surface area contributed by atoms with Crippen molar-refractivity contribution in [2.24, 2.45) is 0 Å². The van der Waals surface area contributed by atoms with E-state index in [1.165, 1.54) is 172 Å². The summed E-state index contributed by atoms with van der Waals surface area (Å²) < 4.78 is 0.594. The van der Waals surface area contributed by atoms with E-state index in [4.69, 9.17) is 0 Å². The Kier molecular flexibility index (Phi) is 22.5. The molecule has 0 heterocycles. The Bertz CT molecular complexity index is 334. The van der Waals surface area contributed by atoms with Crippen LogP contribution < -0.4 is 0 Å². The number of hydrogen-bond acceptors (Lipinski definition) is 2. The molecule has 0 amide bonds. The normalized spacial score (nSPS) is 15.9. The average Bonchev–Trinajstić information content (AvgIpc) is 2.82. The maximum absolute atomic E-state index is 2.37. The van der Waals surface area contributed by atoms with Gasteiger partial charge >= 0.3 is 0 Å². The third kappa shape index (κ3) is 18.1. The van der Waals surface area contributed by atoms with Gasteiger partial charge in [0, 0.05) is 0 Å². The lowest BCUT2D eigenvalue weighted by atomic mass is 10.00. The second-order valence-corrected chi connectivity index (χ2v) is 13.7. The number of rotatable bonds is 24. The molecule has 0 radical (unpaired) electrons. The van der Waals surface area contributed by atoms with Crippen molar-refractivity contribution >= 4 is 23.5 Å². The Hall–Kier alpha value is 0.700. The molecule has 0 aliphatic heterocycles. The molecule has 0 aromatic rings. The zero-order chi connectivity index (χ0) is 23.0. The third-order valence-corrected chi connectivity index (χ3v) is 10.9. The molecular formula is C30H60S2. The van der Waals surface area contributed by atoms with Gasteiger partial charge in [-0.25, -0.2) is 0 Å². The van der Waals surface area contributed by atoms with Crippen LogP contribution in [0.4, 0.5) is 0 Å². The summed E-state index contributed by atoms with van der Waals surface area (Å²) >= 11 is 4.73. The van der Waals surface area contributed by atoms with E-state index >= 15 is 0 Å². The molecule has 0 aromatic carbocycles. The van der Waals surface area contributed by atoms with Crippen LogP contribution >= 0.6 is 23.5 Å². The van der Waals surface area contributed by atoms with Gasteiger partial charge in [0.25, 0.3) is 0 Å². The minimum absolute atomic E-state index is 0.594. The molecule has 192 valence electrons. The standard InChI is InChI=1S/C30H60S2/c1-3-5-7-9-11-13-15-17-19-24-28-31-30(26-22-21-23-27-30)32-29-25-20-18-16-14-12-10-8-6-4-2/h3-29H2,1-2H3. The molecule has 32 heavy (non-hydrogen) atoms. The van der Waals surface area contributed by atoms with Crippen molar-refractivity contribution in [2.75, 3.05) is 11.5 Å². The van der Waals surface area contributed by atoms with Crippen molar-refractivity contribution in [3.8, 4) is 0 Å². The van der Waals surface area contributed by atoms with E-state index in [2.05, 4.69) is 37.4 Å². The highest BCUT2D eigenvalue weighted by Gasteiger charge is 2.32. The van der Waals surface area contributed by atoms with E-state index in [1.807, 2.05) is 0 Å². The molecule has 0 nitrogen and oxygen atoms in total. The first-order valence-electron chi connectivity index (χ1n) is 15.1. The van der Waals surface area contributed by atoms with Crippen molar-refractivity contribution in [3.63, 3.8) is 0 Å². The molecule has 0 bridgehead atoms. The predicted molar refractivity (Wildman–Crippen MR) is 154 cm³/mol. The minimum Gasteiger partial charge on any atom is -0.144 e. The first-order valence-corrected chi connectivity index (χ1v) is 17.1. The Morgan fingerprint density at radius 3 is 1.06 bits per heavy atom. The average molecular weight is 485 g/mol. The molecular weight excluding hydrogens is 424 g/mol. The van der Waals surface area contributed by atoms with Crippen molar-refractivity contribution in [3.05, 3.63) is 0 Å². The zero-order valence-corrected chi connectivity index (χ0v) is 24.0. The van der Waals surface area contributed by atoms with E-state index < -0.39 is 0 Å². The van der Waals surface area contributed by atoms with Crippen LogP contribution in [-0.4, -0.2) is 15.6 Å². The largest absolute Gasteiger partial charge is 0.144 e. The summed E-state index contributed by atoms with van der Waals surface area (Å²) in [7, 11) is 0. The number of unbranched alkanes of at least 4 members (excludes halogenated alkanes) is 18. The lowest BCUT2D eigenvalue weighted by Crippen LogP contribution is -2.25. The quantitative estimate of drug-likeness (QED) is 0.0986. The van der Waals surface area contributed by atoms with E-state index in [0.717, 1.165) is 0 Å². The monoisotopic (exact) mass is 484 g/mol. The van der Waals surface area contributed by atoms with Gasteiger partial charge in [-0.15, -0.1) is 23.5 Å². The van der Waals surface area contributed by atoms with Gasteiger partial charge < -0.3 is 0 Å². The fraction of sp³-hybridized carbons (Fsp3) is 1.00. The molecule has 1 aliphatic carbocycles. The van der Waals surface area contributed by atoms with Crippen LogP contribution in [0.2, 0.25) is 0 Å². The Morgan fingerprint density at radius 2 is 0.719 bits per heavy atom. The van der Waals surface area contributed by atoms with Crippen molar-refractivity contribution < 1.29 is 0 Å². The van der Waals surface area contributed by atoms with E-state index in [-0.39, 0.29) is 0 Å². The number of thioether (sulfide) groups is 2. The van der Waals surface area contributed by atoms with Crippen molar-refractivity contribution in [2.45, 2.75) is 178 Å². The highest BCUT2D eigenvalue weighted by Crippen LogP contribution is 2.49. The van der Waals surface area contributed by atoms with E-state index in [9.17, 15) is 0 Å². The van der Waals surface area contributed by atoms with E-state index in [0.29, 0.717) is 4.08 Å². The van der Waals surface area contributed by atoms with Gasteiger partial charge in [-0.2, -0.15) is 0 Å². The maximum Gasteiger partial charge on any atom is 0.0611 e. The summed E-state index contributed by atoms with van der Waals surface area (Å²) in [4.78, 5) is 0. The lowest BCUT2D eigenvalue weighted by Gasteiger charge is -2.36. The van der Waals surface area contributed by atoms with Gasteiger partial charge in [0.1, 0.15) is 0 Å². The summed E-state index contributed by atoms with van der Waals surface area (Å²) in [5, 5.41) is 0. The first kappa shape index (κ1) is 30.7. The Labute approximate surface area is 213 Å². The van der Waals surface area contributed by atoms with Crippen molar-refractivity contribution in [1.82, 2.24) is 0 Å². The van der Waals surface area contributed by atoms with Crippen LogP contribution in [0, 0.1) is 0 Å². The molecule has 1 aliphatic rings. The van der Waals surface area contributed by atoms with Gasteiger partial charge in [-0.1, -0.05) is 149 Å². The molecule has 0 atom stereocenters. The minimum atomic E-state index is 0.594. The highest BCUT2D eigenvalue weighted by molar-refractivity contribution is 8.18. The lowest BCUT2D eigenvalue weighted by molar-refractivity contribution is 0.489. The maximum atomic E-state index is 2.37. The molecule has 1 rings (SSSR count). The number of hydrogen-bond donors (Lipinski definition) is 0. The van der Waals surface area contributed by atoms with Crippen LogP contribution in [0.1, 0.15) is 174 Å². The molecule has 1 saturated carbocycles. The smallest absolute Gasteiger partial charge is 0.0611 e. The van der Waals surface area contributed by atoms with Crippen LogP contribution in [0.15, 0.2) is 0 Å². The molecule has 0 aromatic heterocycles. The second-order valence-electron chi connectivity index (χ2n) is 10.5. The van der Waals surface area contributed by atoms with Crippen LogP contribution in [0.25, 0.3) is 0 Å². The Balaban J connectivity index is 2.00. The summed E-state index contributed by atoms with van der Waals surface area (Å²) in [5.41, 5.74) is 0. The van der Waals surface area contributed by atoms with Crippen LogP contribution in [0.3, 0.4) is 0 Å². The van der Waals surface area contributed by atoms with Gasteiger partial charge in [0.05, 0.1) is 4.08 Å². The van der Waals surface area contributed by atoms with Gasteiger partial charge in [0.2, 0.25) is 0 Å². The molecule has 2 heteroatoms. The molecule has 0 unspecified atom stereocenters.